The molecule has 2 heterocycles. The van der Waals surface area contributed by atoms with E-state index >= 15 is 0 Å². The average molecular weight is 302 g/mol. The molecule has 6 heteroatoms. The van der Waals surface area contributed by atoms with Crippen molar-refractivity contribution in [2.24, 2.45) is 10.1 Å². The van der Waals surface area contributed by atoms with E-state index in [0.29, 0.717) is 5.96 Å². The van der Waals surface area contributed by atoms with Crippen LogP contribution in [0.1, 0.15) is 27.2 Å². The summed E-state index contributed by atoms with van der Waals surface area (Å²) in [4.78, 5) is 18.9. The van der Waals surface area contributed by atoms with Gasteiger partial charge in [-0.25, -0.2) is 4.99 Å². The first-order chi connectivity index (χ1) is 10.0. The van der Waals surface area contributed by atoms with Crippen LogP contribution in [-0.4, -0.2) is 33.3 Å². The topological polar surface area (TPSA) is 48.3 Å². The summed E-state index contributed by atoms with van der Waals surface area (Å²) in [5, 5.41) is 6.73. The second-order valence-corrected chi connectivity index (χ2v) is 6.55. The van der Waals surface area contributed by atoms with Gasteiger partial charge in [0.25, 0.3) is 5.91 Å². The quantitative estimate of drug-likeness (QED) is 0.862. The minimum Gasteiger partial charge on any atom is -0.270 e. The lowest BCUT2D eigenvalue weighted by Gasteiger charge is -2.19. The zero-order valence-electron chi connectivity index (χ0n) is 12.4. The van der Waals surface area contributed by atoms with Crippen molar-refractivity contribution in [3.05, 3.63) is 30.3 Å². The van der Waals surface area contributed by atoms with Gasteiger partial charge in [0.2, 0.25) is 5.96 Å². The summed E-state index contributed by atoms with van der Waals surface area (Å²) >= 11 is 1.65. The molecule has 1 aromatic rings. The highest BCUT2D eigenvalue weighted by atomic mass is 32.2. The van der Waals surface area contributed by atoms with Crippen molar-refractivity contribution in [2.45, 2.75) is 32.7 Å². The largest absolute Gasteiger partial charge is 0.277 e. The molecule has 3 rings (SSSR count). The minimum atomic E-state index is -0.743. The Labute approximate surface area is 128 Å². The third-order valence-corrected chi connectivity index (χ3v) is 4.45. The summed E-state index contributed by atoms with van der Waals surface area (Å²) in [6.45, 7) is 5.76. The lowest BCUT2D eigenvalue weighted by Crippen LogP contribution is -2.37. The van der Waals surface area contributed by atoms with Gasteiger partial charge in [-0.1, -0.05) is 36.9 Å². The third-order valence-electron chi connectivity index (χ3n) is 3.31. The molecule has 0 bridgehead atoms. The highest BCUT2D eigenvalue weighted by Crippen LogP contribution is 2.33. The van der Waals surface area contributed by atoms with E-state index in [9.17, 15) is 4.79 Å². The molecule has 0 saturated carbocycles. The van der Waals surface area contributed by atoms with Crippen LogP contribution in [0, 0.1) is 0 Å². The van der Waals surface area contributed by atoms with Gasteiger partial charge in [-0.3, -0.25) is 9.69 Å². The van der Waals surface area contributed by atoms with E-state index in [0.717, 1.165) is 23.0 Å². The summed E-state index contributed by atoms with van der Waals surface area (Å²) < 4.78 is 0. The van der Waals surface area contributed by atoms with E-state index in [2.05, 4.69) is 17.0 Å². The fourth-order valence-electron chi connectivity index (χ4n) is 2.24. The number of para-hydroxylation sites is 1. The summed E-state index contributed by atoms with van der Waals surface area (Å²) in [5.41, 5.74) is 0.235. The van der Waals surface area contributed by atoms with Crippen LogP contribution in [0.3, 0.4) is 0 Å². The Kier molecular flexibility index (Phi) is 3.49. The Morgan fingerprint density at radius 2 is 1.95 bits per heavy atom. The number of carbonyl (C=O) groups is 1. The van der Waals surface area contributed by atoms with Crippen LogP contribution in [0.4, 0.5) is 5.69 Å². The van der Waals surface area contributed by atoms with Crippen LogP contribution >= 0.6 is 11.8 Å². The molecule has 0 N–H and O–H groups in total. The maximum absolute atomic E-state index is 12.4. The van der Waals surface area contributed by atoms with Gasteiger partial charge in [0.1, 0.15) is 5.54 Å². The molecule has 2 aliphatic heterocycles. The number of thioether (sulfide) groups is 1. The van der Waals surface area contributed by atoms with Crippen LogP contribution < -0.4 is 4.90 Å². The van der Waals surface area contributed by atoms with E-state index in [1.165, 1.54) is 5.01 Å². The van der Waals surface area contributed by atoms with Crippen molar-refractivity contribution < 1.29 is 4.79 Å². The number of hydrazone groups is 1. The van der Waals surface area contributed by atoms with Crippen LogP contribution in [0.2, 0.25) is 0 Å². The third kappa shape index (κ3) is 2.33. The van der Waals surface area contributed by atoms with Crippen molar-refractivity contribution in [3.8, 4) is 0 Å². The molecule has 0 fully saturated rings. The van der Waals surface area contributed by atoms with Crippen LogP contribution in [0.25, 0.3) is 0 Å². The smallest absolute Gasteiger partial charge is 0.270 e. The lowest BCUT2D eigenvalue weighted by atomic mass is 10.1. The molecule has 110 valence electrons. The predicted molar refractivity (Wildman–Crippen MR) is 87.5 cm³/mol. The molecule has 1 amide bonds. The van der Waals surface area contributed by atoms with Crippen LogP contribution in [0.5, 0.6) is 0 Å². The lowest BCUT2D eigenvalue weighted by molar-refractivity contribution is -0.130. The van der Waals surface area contributed by atoms with Crippen LogP contribution in [-0.2, 0) is 4.79 Å². The fourth-order valence-corrected chi connectivity index (χ4v) is 3.08. The Morgan fingerprint density at radius 3 is 2.62 bits per heavy atom. The molecule has 0 spiro atoms. The first-order valence-electron chi connectivity index (χ1n) is 7.05. The standard InChI is InChI=1S/C15H18N4OS/c1-4-10-21-14-17-19-12(20)15(2,3)16-13(19)18(14)11-8-6-5-7-9-11/h5-9H,4,10H2,1-3H3. The van der Waals surface area contributed by atoms with Gasteiger partial charge in [-0.05, 0) is 32.4 Å². The molecule has 0 saturated heterocycles. The minimum absolute atomic E-state index is 0.0782. The SMILES string of the molecule is CCCSC1=NN2C(=O)C(C)(C)N=C2N1c1ccccc1. The summed E-state index contributed by atoms with van der Waals surface area (Å²) in [7, 11) is 0. The molecule has 0 aromatic heterocycles. The fraction of sp³-hybridized carbons (Fsp3) is 0.400. The van der Waals surface area contributed by atoms with Gasteiger partial charge in [0.05, 0.1) is 5.69 Å². The molecule has 2 aliphatic rings. The second kappa shape index (κ2) is 5.18. The highest BCUT2D eigenvalue weighted by molar-refractivity contribution is 8.14. The van der Waals surface area contributed by atoms with Gasteiger partial charge in [-0.2, -0.15) is 5.01 Å². The number of aliphatic imine (C=N–C) groups is 1. The maximum atomic E-state index is 12.4. The Bertz CT molecular complexity index is 624. The number of benzene rings is 1. The zero-order chi connectivity index (χ0) is 15.0. The number of rotatable bonds is 3. The van der Waals surface area contributed by atoms with Gasteiger partial charge in [0.15, 0.2) is 5.17 Å². The molecule has 21 heavy (non-hydrogen) atoms. The van der Waals surface area contributed by atoms with Gasteiger partial charge in [0, 0.05) is 5.75 Å². The highest BCUT2D eigenvalue weighted by Gasteiger charge is 2.48. The Hall–Kier alpha value is -1.82. The Morgan fingerprint density at radius 1 is 1.24 bits per heavy atom. The molecule has 1 aromatic carbocycles. The van der Waals surface area contributed by atoms with E-state index < -0.39 is 5.54 Å². The van der Waals surface area contributed by atoms with Gasteiger partial charge in [-0.15, -0.1) is 5.10 Å². The van der Waals surface area contributed by atoms with Crippen LogP contribution in [0.15, 0.2) is 40.4 Å². The van der Waals surface area contributed by atoms with Crippen molar-refractivity contribution in [2.75, 3.05) is 10.7 Å². The number of amidine groups is 1. The average Bonchev–Trinajstić information content (AvgIpc) is 2.92. The number of hydrogen-bond acceptors (Lipinski definition) is 5. The van der Waals surface area contributed by atoms with Crippen molar-refractivity contribution in [1.82, 2.24) is 5.01 Å². The number of nitrogens with zero attached hydrogens (tertiary/aromatic N) is 4. The first-order valence-corrected chi connectivity index (χ1v) is 8.04. The first kappa shape index (κ1) is 14.1. The van der Waals surface area contributed by atoms with E-state index in [1.54, 1.807) is 11.8 Å². The summed E-state index contributed by atoms with van der Waals surface area (Å²) in [6.07, 6.45) is 1.05. The van der Waals surface area contributed by atoms with Crippen molar-refractivity contribution in [1.29, 1.82) is 0 Å². The van der Waals surface area contributed by atoms with Gasteiger partial charge >= 0.3 is 0 Å². The van der Waals surface area contributed by atoms with Gasteiger partial charge < -0.3 is 0 Å². The number of fused-ring (bicyclic) bond motifs is 1. The molecule has 0 unspecified atom stereocenters. The zero-order valence-corrected chi connectivity index (χ0v) is 13.2. The molecule has 5 nitrogen and oxygen atoms in total. The predicted octanol–water partition coefficient (Wildman–Crippen LogP) is 2.90. The van der Waals surface area contributed by atoms with Crippen molar-refractivity contribution in [3.63, 3.8) is 0 Å². The molecular formula is C15H18N4OS. The maximum Gasteiger partial charge on any atom is 0.277 e. The number of amides is 1. The normalized spacial score (nSPS) is 19.7. The summed E-state index contributed by atoms with van der Waals surface area (Å²) in [5.74, 6) is 1.49. The van der Waals surface area contributed by atoms with E-state index in [1.807, 2.05) is 49.1 Å². The number of hydrogen-bond donors (Lipinski definition) is 0. The number of anilines is 1. The van der Waals surface area contributed by atoms with E-state index in [-0.39, 0.29) is 5.91 Å². The second-order valence-electron chi connectivity index (χ2n) is 5.49. The van der Waals surface area contributed by atoms with Crippen molar-refractivity contribution >= 4 is 34.5 Å². The molecule has 0 aliphatic carbocycles. The molecule has 0 radical (unpaired) electrons. The number of carbonyl (C=O) groups excluding carboxylic acids is 1. The Balaban J connectivity index is 2.01. The summed E-state index contributed by atoms with van der Waals surface area (Å²) in [6, 6.07) is 9.93. The monoisotopic (exact) mass is 302 g/mol. The number of guanidine groups is 1. The molecular weight excluding hydrogens is 284 g/mol. The molecule has 0 atom stereocenters. The van der Waals surface area contributed by atoms with E-state index in [4.69, 9.17) is 0 Å².